The number of esters is 1. The van der Waals surface area contributed by atoms with E-state index in [0.29, 0.717) is 6.54 Å². The van der Waals surface area contributed by atoms with Crippen LogP contribution < -0.4 is 5.32 Å². The predicted molar refractivity (Wildman–Crippen MR) is 101 cm³/mol. The summed E-state index contributed by atoms with van der Waals surface area (Å²) in [6.07, 6.45) is -0.201. The average molecular weight is 355 g/mol. The summed E-state index contributed by atoms with van der Waals surface area (Å²) in [6, 6.07) is 15.7. The number of hydrogen-bond donors (Lipinski definition) is 1. The topological polar surface area (TPSA) is 64.6 Å². The molecule has 2 aromatic carbocycles. The Morgan fingerprint density at radius 3 is 2.12 bits per heavy atom. The molecule has 0 aliphatic rings. The molecule has 5 nitrogen and oxygen atoms in total. The van der Waals surface area contributed by atoms with Gasteiger partial charge in [-0.1, -0.05) is 42.5 Å². The van der Waals surface area contributed by atoms with Crippen molar-refractivity contribution in [2.24, 2.45) is 0 Å². The Labute approximate surface area is 154 Å². The van der Waals surface area contributed by atoms with Crippen LogP contribution in [0.5, 0.6) is 0 Å². The lowest BCUT2D eigenvalue weighted by Gasteiger charge is -2.19. The van der Waals surface area contributed by atoms with Crippen molar-refractivity contribution in [3.05, 3.63) is 59.7 Å². The first kappa shape index (κ1) is 19.5. The van der Waals surface area contributed by atoms with Crippen LogP contribution >= 0.6 is 0 Å². The van der Waals surface area contributed by atoms with Gasteiger partial charge in [0.25, 0.3) is 0 Å². The fraction of sp³-hybridized carbons (Fsp3) is 0.333. The molecular formula is C21H25NO4. The second-order valence-corrected chi connectivity index (χ2v) is 7.01. The number of amides is 1. The van der Waals surface area contributed by atoms with Crippen LogP contribution in [-0.4, -0.2) is 24.8 Å². The predicted octanol–water partition coefficient (Wildman–Crippen LogP) is 4.09. The van der Waals surface area contributed by atoms with E-state index in [-0.39, 0.29) is 12.4 Å². The molecule has 0 aliphatic heterocycles. The molecule has 138 valence electrons. The van der Waals surface area contributed by atoms with Crippen LogP contribution in [0.25, 0.3) is 11.1 Å². The molecule has 2 rings (SSSR count). The standard InChI is InChI=1S/C21H25NO4/c1-21(2,3)26-20(24)22-14-16-8-6-10-18(12-16)17-9-5-7-15(11-17)13-19(23)25-4/h5-12H,13-14H2,1-4H3,(H,22,24). The largest absolute Gasteiger partial charge is 0.469 e. The first-order valence-electron chi connectivity index (χ1n) is 8.49. The van der Waals surface area contributed by atoms with E-state index >= 15 is 0 Å². The molecule has 5 heteroatoms. The highest BCUT2D eigenvalue weighted by molar-refractivity contribution is 5.74. The highest BCUT2D eigenvalue weighted by Gasteiger charge is 2.15. The molecule has 0 radical (unpaired) electrons. The molecular weight excluding hydrogens is 330 g/mol. The number of ether oxygens (including phenoxy) is 2. The van der Waals surface area contributed by atoms with Crippen LogP contribution in [0, 0.1) is 0 Å². The van der Waals surface area contributed by atoms with Gasteiger partial charge in [0.1, 0.15) is 5.60 Å². The van der Waals surface area contributed by atoms with Crippen molar-refractivity contribution in [1.82, 2.24) is 5.32 Å². The van der Waals surface area contributed by atoms with Gasteiger partial charge in [-0.2, -0.15) is 0 Å². The van der Waals surface area contributed by atoms with E-state index in [1.807, 2.05) is 69.3 Å². The van der Waals surface area contributed by atoms with Crippen LogP contribution in [0.2, 0.25) is 0 Å². The number of carbonyl (C=O) groups excluding carboxylic acids is 2. The number of carbonyl (C=O) groups is 2. The molecule has 0 aromatic heterocycles. The Morgan fingerprint density at radius 1 is 0.962 bits per heavy atom. The highest BCUT2D eigenvalue weighted by Crippen LogP contribution is 2.22. The second-order valence-electron chi connectivity index (χ2n) is 7.01. The van der Waals surface area contributed by atoms with Gasteiger partial charge in [-0.3, -0.25) is 4.79 Å². The fourth-order valence-corrected chi connectivity index (χ4v) is 2.45. The Morgan fingerprint density at radius 2 is 1.54 bits per heavy atom. The van der Waals surface area contributed by atoms with Crippen molar-refractivity contribution in [3.63, 3.8) is 0 Å². The molecule has 1 amide bonds. The van der Waals surface area contributed by atoms with E-state index in [4.69, 9.17) is 9.47 Å². The average Bonchev–Trinajstić information content (AvgIpc) is 2.59. The van der Waals surface area contributed by atoms with Gasteiger partial charge in [-0.25, -0.2) is 4.79 Å². The van der Waals surface area contributed by atoms with E-state index in [9.17, 15) is 9.59 Å². The van der Waals surface area contributed by atoms with Gasteiger partial charge in [-0.05, 0) is 49.1 Å². The Balaban J connectivity index is 2.08. The van der Waals surface area contributed by atoms with E-state index in [0.717, 1.165) is 22.3 Å². The molecule has 0 spiro atoms. The lowest BCUT2D eigenvalue weighted by atomic mass is 10.00. The minimum Gasteiger partial charge on any atom is -0.469 e. The van der Waals surface area contributed by atoms with Crippen LogP contribution in [-0.2, 0) is 27.2 Å². The monoisotopic (exact) mass is 355 g/mol. The van der Waals surface area contributed by atoms with E-state index in [1.54, 1.807) is 0 Å². The molecule has 0 atom stereocenters. The highest BCUT2D eigenvalue weighted by atomic mass is 16.6. The van der Waals surface area contributed by atoms with Crippen molar-refractivity contribution < 1.29 is 19.1 Å². The first-order chi connectivity index (χ1) is 12.3. The smallest absolute Gasteiger partial charge is 0.407 e. The van der Waals surface area contributed by atoms with Crippen molar-refractivity contribution in [2.75, 3.05) is 7.11 Å². The summed E-state index contributed by atoms with van der Waals surface area (Å²) in [5.74, 6) is -0.266. The van der Waals surface area contributed by atoms with E-state index < -0.39 is 11.7 Å². The third kappa shape index (κ3) is 6.24. The molecule has 0 saturated heterocycles. The van der Waals surface area contributed by atoms with Crippen molar-refractivity contribution >= 4 is 12.1 Å². The molecule has 0 unspecified atom stereocenters. The Hall–Kier alpha value is -2.82. The van der Waals surface area contributed by atoms with Crippen LogP contribution in [0.4, 0.5) is 4.79 Å². The van der Waals surface area contributed by atoms with Crippen molar-refractivity contribution in [1.29, 1.82) is 0 Å². The Bertz CT molecular complexity index is 778. The molecule has 1 N–H and O–H groups in total. The summed E-state index contributed by atoms with van der Waals surface area (Å²) in [5.41, 5.74) is 3.36. The summed E-state index contributed by atoms with van der Waals surface area (Å²) in [7, 11) is 1.38. The number of hydrogen-bond acceptors (Lipinski definition) is 4. The van der Waals surface area contributed by atoms with Gasteiger partial charge in [0, 0.05) is 6.54 Å². The van der Waals surface area contributed by atoms with Crippen LogP contribution in [0.15, 0.2) is 48.5 Å². The Kier molecular flexibility index (Phi) is 6.39. The zero-order valence-electron chi connectivity index (χ0n) is 15.7. The summed E-state index contributed by atoms with van der Waals surface area (Å²) in [6.45, 7) is 5.86. The number of benzene rings is 2. The summed E-state index contributed by atoms with van der Waals surface area (Å²) >= 11 is 0. The lowest BCUT2D eigenvalue weighted by molar-refractivity contribution is -0.139. The SMILES string of the molecule is COC(=O)Cc1cccc(-c2cccc(CNC(=O)OC(C)(C)C)c2)c1. The third-order valence-corrected chi connectivity index (χ3v) is 3.60. The number of alkyl carbamates (subject to hydrolysis) is 1. The minimum absolute atomic E-state index is 0.240. The molecule has 26 heavy (non-hydrogen) atoms. The second kappa shape index (κ2) is 8.52. The molecule has 2 aromatic rings. The van der Waals surface area contributed by atoms with Gasteiger partial charge in [-0.15, -0.1) is 0 Å². The molecule has 0 bridgehead atoms. The van der Waals surface area contributed by atoms with Gasteiger partial charge in [0.2, 0.25) is 0 Å². The normalized spacial score (nSPS) is 10.9. The number of rotatable bonds is 5. The van der Waals surface area contributed by atoms with Gasteiger partial charge < -0.3 is 14.8 Å². The van der Waals surface area contributed by atoms with Gasteiger partial charge in [0.05, 0.1) is 13.5 Å². The van der Waals surface area contributed by atoms with Gasteiger partial charge in [0.15, 0.2) is 0 Å². The summed E-state index contributed by atoms with van der Waals surface area (Å²) < 4.78 is 9.96. The number of nitrogens with one attached hydrogen (secondary N) is 1. The van der Waals surface area contributed by atoms with Crippen molar-refractivity contribution in [2.45, 2.75) is 39.3 Å². The van der Waals surface area contributed by atoms with E-state index in [1.165, 1.54) is 7.11 Å². The summed E-state index contributed by atoms with van der Waals surface area (Å²) in [5, 5.41) is 2.76. The quantitative estimate of drug-likeness (QED) is 0.821. The van der Waals surface area contributed by atoms with Gasteiger partial charge >= 0.3 is 12.1 Å². The third-order valence-electron chi connectivity index (χ3n) is 3.60. The molecule has 0 heterocycles. The maximum absolute atomic E-state index is 11.8. The van der Waals surface area contributed by atoms with Crippen LogP contribution in [0.3, 0.4) is 0 Å². The van der Waals surface area contributed by atoms with Crippen LogP contribution in [0.1, 0.15) is 31.9 Å². The zero-order valence-corrected chi connectivity index (χ0v) is 15.7. The van der Waals surface area contributed by atoms with E-state index in [2.05, 4.69) is 5.32 Å². The van der Waals surface area contributed by atoms with Crippen molar-refractivity contribution in [3.8, 4) is 11.1 Å². The first-order valence-corrected chi connectivity index (χ1v) is 8.49. The zero-order chi connectivity index (χ0) is 19.2. The molecule has 0 saturated carbocycles. The summed E-state index contributed by atoms with van der Waals surface area (Å²) in [4.78, 5) is 23.2. The number of methoxy groups -OCH3 is 1. The lowest BCUT2D eigenvalue weighted by Crippen LogP contribution is -2.32. The minimum atomic E-state index is -0.522. The fourth-order valence-electron chi connectivity index (χ4n) is 2.45. The molecule has 0 fully saturated rings. The maximum atomic E-state index is 11.8. The maximum Gasteiger partial charge on any atom is 0.407 e. The molecule has 0 aliphatic carbocycles.